The van der Waals surface area contributed by atoms with Crippen molar-refractivity contribution in [3.63, 3.8) is 0 Å². The zero-order valence-corrected chi connectivity index (χ0v) is 13.7. The molecule has 0 amide bonds. The number of thioether (sulfide) groups is 1. The molecule has 112 valence electrons. The first-order valence-electron chi connectivity index (χ1n) is 7.04. The maximum atomic E-state index is 12.3. The lowest BCUT2D eigenvalue weighted by molar-refractivity contribution is 0.838. The first kappa shape index (κ1) is 14.6. The minimum Gasteiger partial charge on any atom is -0.379 e. The van der Waals surface area contributed by atoms with Crippen LogP contribution in [0.1, 0.15) is 36.5 Å². The predicted octanol–water partition coefficient (Wildman–Crippen LogP) is 2.43. The van der Waals surface area contributed by atoms with Gasteiger partial charge in [-0.15, -0.1) is 11.3 Å². The van der Waals surface area contributed by atoms with Crippen LogP contribution in [0.2, 0.25) is 0 Å². The number of nitrogens with two attached hydrogens (primary N) is 1. The molecule has 0 aliphatic heterocycles. The molecule has 0 bridgehead atoms. The molecule has 0 fully saturated rings. The second-order valence-electron chi connectivity index (χ2n) is 5.40. The van der Waals surface area contributed by atoms with Crippen LogP contribution in [0.4, 0.5) is 0 Å². The molecule has 0 unspecified atom stereocenters. The number of hydrogen-bond acceptors (Lipinski definition) is 5. The predicted molar refractivity (Wildman–Crippen MR) is 90.3 cm³/mol. The third kappa shape index (κ3) is 2.98. The summed E-state index contributed by atoms with van der Waals surface area (Å²) in [5, 5.41) is 1.33. The molecule has 0 aromatic carbocycles. The van der Waals surface area contributed by atoms with E-state index in [-0.39, 0.29) is 11.6 Å². The van der Waals surface area contributed by atoms with Crippen molar-refractivity contribution in [1.29, 1.82) is 0 Å². The summed E-state index contributed by atoms with van der Waals surface area (Å²) in [5.41, 5.74) is 7.02. The average molecular weight is 322 g/mol. The molecule has 0 saturated carbocycles. The van der Waals surface area contributed by atoms with Crippen LogP contribution in [-0.2, 0) is 18.6 Å². The van der Waals surface area contributed by atoms with Crippen LogP contribution in [0.5, 0.6) is 0 Å². The zero-order chi connectivity index (χ0) is 15.0. The number of nitrogens with one attached hydrogen (secondary N) is 1. The van der Waals surface area contributed by atoms with E-state index in [1.54, 1.807) is 11.3 Å². The fraction of sp³-hybridized carbons (Fsp3) is 0.500. The number of rotatable bonds is 3. The number of H-pyrrole nitrogens is 1. The molecule has 2 heterocycles. The van der Waals surface area contributed by atoms with E-state index in [1.807, 2.05) is 13.8 Å². The fourth-order valence-corrected chi connectivity index (χ4v) is 4.54. The van der Waals surface area contributed by atoms with Gasteiger partial charge in [0.25, 0.3) is 5.56 Å². The van der Waals surface area contributed by atoms with E-state index in [0.717, 1.165) is 29.5 Å². The zero-order valence-electron chi connectivity index (χ0n) is 12.1. The van der Waals surface area contributed by atoms with Gasteiger partial charge >= 0.3 is 0 Å². The van der Waals surface area contributed by atoms with Gasteiger partial charge in [0.2, 0.25) is 0 Å². The van der Waals surface area contributed by atoms with Crippen molar-refractivity contribution in [2.45, 2.75) is 44.9 Å². The number of thiophene rings is 1. The van der Waals surface area contributed by atoms with Gasteiger partial charge in [0, 0.05) is 10.9 Å². The van der Waals surface area contributed by atoms with Gasteiger partial charge in [0.1, 0.15) is 10.7 Å². The van der Waals surface area contributed by atoms with Crippen LogP contribution in [0.25, 0.3) is 10.2 Å². The van der Waals surface area contributed by atoms with Crippen molar-refractivity contribution < 1.29 is 0 Å². The molecular weight excluding hydrogens is 304 g/mol. The van der Waals surface area contributed by atoms with E-state index in [2.05, 4.69) is 15.0 Å². The smallest absolute Gasteiger partial charge is 0.259 e. The van der Waals surface area contributed by atoms with Crippen molar-refractivity contribution >= 4 is 38.5 Å². The summed E-state index contributed by atoms with van der Waals surface area (Å²) in [5.74, 6) is 1.20. The Morgan fingerprint density at radius 2 is 2.33 bits per heavy atom. The second kappa shape index (κ2) is 5.81. The van der Waals surface area contributed by atoms with Crippen LogP contribution in [-0.4, -0.2) is 21.2 Å². The maximum absolute atomic E-state index is 12.3. The molecule has 0 spiro atoms. The van der Waals surface area contributed by atoms with Crippen LogP contribution in [0.3, 0.4) is 0 Å². The van der Waals surface area contributed by atoms with Crippen LogP contribution in [0, 0.1) is 0 Å². The molecule has 0 atom stereocenters. The Morgan fingerprint density at radius 3 is 3.10 bits per heavy atom. The highest BCUT2D eigenvalue weighted by Gasteiger charge is 2.21. The highest BCUT2D eigenvalue weighted by molar-refractivity contribution is 8.13. The summed E-state index contributed by atoms with van der Waals surface area (Å²) in [6, 6.07) is 0.173. The van der Waals surface area contributed by atoms with Gasteiger partial charge in [-0.2, -0.15) is 0 Å². The lowest BCUT2D eigenvalue weighted by Crippen LogP contribution is -2.14. The molecule has 0 radical (unpaired) electrons. The number of fused-ring (bicyclic) bond motifs is 3. The van der Waals surface area contributed by atoms with Gasteiger partial charge in [-0.05, 0) is 38.7 Å². The van der Waals surface area contributed by atoms with Crippen LogP contribution >= 0.6 is 23.1 Å². The van der Waals surface area contributed by atoms with Gasteiger partial charge in [0.15, 0.2) is 5.17 Å². The van der Waals surface area contributed by atoms with E-state index >= 15 is 0 Å². The Labute approximate surface area is 131 Å². The number of amidine groups is 1. The van der Waals surface area contributed by atoms with Crippen LogP contribution < -0.4 is 11.3 Å². The van der Waals surface area contributed by atoms with E-state index in [0.29, 0.717) is 16.7 Å². The molecule has 1 aliphatic rings. The van der Waals surface area contributed by atoms with Gasteiger partial charge in [0.05, 0.1) is 11.1 Å². The van der Waals surface area contributed by atoms with Crippen LogP contribution in [0.15, 0.2) is 9.79 Å². The number of aromatic nitrogens is 2. The van der Waals surface area contributed by atoms with E-state index in [4.69, 9.17) is 5.73 Å². The minimum absolute atomic E-state index is 0.0191. The number of aliphatic imine (C=N–C) groups is 1. The molecule has 1 aliphatic carbocycles. The lowest BCUT2D eigenvalue weighted by Gasteiger charge is -2.03. The van der Waals surface area contributed by atoms with E-state index < -0.39 is 0 Å². The van der Waals surface area contributed by atoms with Crippen molar-refractivity contribution in [3.8, 4) is 0 Å². The summed E-state index contributed by atoms with van der Waals surface area (Å²) >= 11 is 3.06. The third-order valence-corrected chi connectivity index (χ3v) is 5.37. The largest absolute Gasteiger partial charge is 0.379 e. The van der Waals surface area contributed by atoms with Gasteiger partial charge in [-0.1, -0.05) is 11.8 Å². The highest BCUT2D eigenvalue weighted by atomic mass is 32.2. The summed E-state index contributed by atoms with van der Waals surface area (Å²) < 4.78 is 0. The summed E-state index contributed by atoms with van der Waals surface area (Å²) in [7, 11) is 0. The fourth-order valence-electron chi connectivity index (χ4n) is 2.55. The summed E-state index contributed by atoms with van der Waals surface area (Å²) in [4.78, 5) is 26.2. The number of aryl methyl sites for hydroxylation is 2. The van der Waals surface area contributed by atoms with E-state index in [9.17, 15) is 4.79 Å². The van der Waals surface area contributed by atoms with Crippen molar-refractivity contribution in [2.75, 3.05) is 0 Å². The van der Waals surface area contributed by atoms with Crippen molar-refractivity contribution in [3.05, 3.63) is 26.6 Å². The standard InChI is InChI=1S/C14H18N4OS2/c1-7(2)16-14(15)20-6-10-17-12(19)11-8-4-3-5-9(8)21-13(11)18-10/h7H,3-6H2,1-2H3,(H2,15,16)(H,17,18,19). The first-order chi connectivity index (χ1) is 10.0. The Hall–Kier alpha value is -1.34. The lowest BCUT2D eigenvalue weighted by atomic mass is 10.2. The molecular formula is C14H18N4OS2. The van der Waals surface area contributed by atoms with Crippen molar-refractivity contribution in [2.24, 2.45) is 10.7 Å². The Morgan fingerprint density at radius 1 is 1.52 bits per heavy atom. The quantitative estimate of drug-likeness (QED) is 0.671. The third-order valence-electron chi connectivity index (χ3n) is 3.37. The Balaban J connectivity index is 1.87. The SMILES string of the molecule is CC(C)N=C(N)SCc1nc2sc3c(c2c(=O)[nH]1)CCC3. The summed E-state index contributed by atoms with van der Waals surface area (Å²) in [6.07, 6.45) is 3.23. The highest BCUT2D eigenvalue weighted by Crippen LogP contribution is 2.34. The molecule has 21 heavy (non-hydrogen) atoms. The Bertz CT molecular complexity index is 760. The molecule has 0 saturated heterocycles. The topological polar surface area (TPSA) is 84.1 Å². The molecule has 2 aromatic rings. The average Bonchev–Trinajstić information content (AvgIpc) is 2.95. The first-order valence-corrected chi connectivity index (χ1v) is 8.84. The number of nitrogens with zero attached hydrogens (tertiary/aromatic N) is 2. The minimum atomic E-state index is -0.0191. The van der Waals surface area contributed by atoms with E-state index in [1.165, 1.54) is 22.2 Å². The molecule has 3 N–H and O–H groups in total. The van der Waals surface area contributed by atoms with Gasteiger partial charge in [-0.3, -0.25) is 9.79 Å². The molecule has 2 aromatic heterocycles. The summed E-state index contributed by atoms with van der Waals surface area (Å²) in [6.45, 7) is 3.96. The normalized spacial score (nSPS) is 15.1. The van der Waals surface area contributed by atoms with Gasteiger partial charge in [-0.25, -0.2) is 4.98 Å². The maximum Gasteiger partial charge on any atom is 0.259 e. The van der Waals surface area contributed by atoms with Crippen molar-refractivity contribution in [1.82, 2.24) is 9.97 Å². The Kier molecular flexibility index (Phi) is 4.03. The number of aromatic amines is 1. The second-order valence-corrected chi connectivity index (χ2v) is 7.48. The molecule has 5 nitrogen and oxygen atoms in total. The number of hydrogen-bond donors (Lipinski definition) is 2. The monoisotopic (exact) mass is 322 g/mol. The van der Waals surface area contributed by atoms with Gasteiger partial charge < -0.3 is 10.7 Å². The molecule has 7 heteroatoms. The molecule has 3 rings (SSSR count).